The second kappa shape index (κ2) is 6.72. The lowest BCUT2D eigenvalue weighted by Gasteiger charge is -2.22. The van der Waals surface area contributed by atoms with E-state index in [1.807, 2.05) is 0 Å². The van der Waals surface area contributed by atoms with Gasteiger partial charge in [0.2, 0.25) is 0 Å². The third-order valence-electron chi connectivity index (χ3n) is 3.37. The first kappa shape index (κ1) is 14.8. The SMILES string of the molecule is O=C(NC1CCCCC1)c1ccc(F)c(OB(O)O)c1. The number of benzene rings is 1. The fourth-order valence-electron chi connectivity index (χ4n) is 2.36. The molecule has 1 saturated carbocycles. The van der Waals surface area contributed by atoms with Gasteiger partial charge in [0.1, 0.15) is 5.75 Å². The van der Waals surface area contributed by atoms with E-state index in [4.69, 9.17) is 10.0 Å². The van der Waals surface area contributed by atoms with Gasteiger partial charge in [-0.2, -0.15) is 0 Å². The Bertz CT molecular complexity index is 477. The molecule has 0 radical (unpaired) electrons. The normalized spacial score (nSPS) is 15.8. The largest absolute Gasteiger partial charge is 0.707 e. The minimum absolute atomic E-state index is 0.147. The summed E-state index contributed by atoms with van der Waals surface area (Å²) in [7, 11) is -2.12. The highest BCUT2D eigenvalue weighted by Gasteiger charge is 2.19. The molecule has 0 aromatic heterocycles. The van der Waals surface area contributed by atoms with Crippen molar-refractivity contribution < 1.29 is 23.9 Å². The molecule has 0 saturated heterocycles. The van der Waals surface area contributed by atoms with E-state index in [9.17, 15) is 9.18 Å². The van der Waals surface area contributed by atoms with E-state index in [1.54, 1.807) is 0 Å². The molecule has 1 aromatic carbocycles. The molecule has 1 aliphatic rings. The Balaban J connectivity index is 2.05. The molecule has 108 valence electrons. The third-order valence-corrected chi connectivity index (χ3v) is 3.37. The van der Waals surface area contributed by atoms with E-state index in [-0.39, 0.29) is 23.3 Å². The smallest absolute Gasteiger partial charge is 0.510 e. The van der Waals surface area contributed by atoms with Crippen LogP contribution >= 0.6 is 0 Å². The van der Waals surface area contributed by atoms with Crippen molar-refractivity contribution >= 4 is 13.2 Å². The first-order valence-corrected chi connectivity index (χ1v) is 6.69. The van der Waals surface area contributed by atoms with Gasteiger partial charge in [0.15, 0.2) is 5.82 Å². The van der Waals surface area contributed by atoms with E-state index in [0.717, 1.165) is 37.8 Å². The Kier molecular flexibility index (Phi) is 4.97. The molecule has 2 rings (SSSR count). The molecule has 20 heavy (non-hydrogen) atoms. The molecule has 0 unspecified atom stereocenters. The summed E-state index contributed by atoms with van der Waals surface area (Å²) in [6, 6.07) is 3.71. The number of rotatable bonds is 4. The van der Waals surface area contributed by atoms with Crippen molar-refractivity contribution in [1.82, 2.24) is 5.32 Å². The molecule has 1 fully saturated rings. The summed E-state index contributed by atoms with van der Waals surface area (Å²) in [5.74, 6) is -1.43. The first-order chi connectivity index (χ1) is 9.56. The predicted octanol–water partition coefficient (Wildman–Crippen LogP) is 1.24. The zero-order valence-electron chi connectivity index (χ0n) is 11.0. The van der Waals surface area contributed by atoms with Crippen molar-refractivity contribution in [2.45, 2.75) is 38.1 Å². The van der Waals surface area contributed by atoms with Crippen LogP contribution in [0.3, 0.4) is 0 Å². The average Bonchev–Trinajstić information content (AvgIpc) is 2.42. The molecule has 1 aromatic rings. The maximum atomic E-state index is 13.4. The quantitative estimate of drug-likeness (QED) is 0.725. The fraction of sp³-hybridized carbons (Fsp3) is 0.462. The second-order valence-corrected chi connectivity index (χ2v) is 4.90. The van der Waals surface area contributed by atoms with Gasteiger partial charge in [0, 0.05) is 11.6 Å². The van der Waals surface area contributed by atoms with Crippen LogP contribution in [0.25, 0.3) is 0 Å². The van der Waals surface area contributed by atoms with Gasteiger partial charge < -0.3 is 20.0 Å². The molecule has 5 nitrogen and oxygen atoms in total. The van der Waals surface area contributed by atoms with Crippen LogP contribution in [0, 0.1) is 5.82 Å². The second-order valence-electron chi connectivity index (χ2n) is 4.90. The Morgan fingerprint density at radius 3 is 2.65 bits per heavy atom. The minimum Gasteiger partial charge on any atom is -0.510 e. The number of carbonyl (C=O) groups excluding carboxylic acids is 1. The topological polar surface area (TPSA) is 78.8 Å². The highest BCUT2D eigenvalue weighted by atomic mass is 19.1. The maximum absolute atomic E-state index is 13.4. The van der Waals surface area contributed by atoms with Crippen LogP contribution in [-0.4, -0.2) is 29.3 Å². The van der Waals surface area contributed by atoms with Crippen molar-refractivity contribution in [3.05, 3.63) is 29.6 Å². The zero-order chi connectivity index (χ0) is 14.5. The van der Waals surface area contributed by atoms with E-state index in [2.05, 4.69) is 9.97 Å². The molecule has 0 aliphatic heterocycles. The highest BCUT2D eigenvalue weighted by Crippen LogP contribution is 2.21. The molecular weight excluding hydrogens is 264 g/mol. The van der Waals surface area contributed by atoms with Crippen LogP contribution in [0.15, 0.2) is 18.2 Å². The number of hydrogen-bond acceptors (Lipinski definition) is 4. The molecule has 7 heteroatoms. The number of nitrogens with one attached hydrogen (secondary N) is 1. The molecule has 1 amide bonds. The van der Waals surface area contributed by atoms with Gasteiger partial charge >= 0.3 is 7.32 Å². The lowest BCUT2D eigenvalue weighted by molar-refractivity contribution is 0.0927. The lowest BCUT2D eigenvalue weighted by atomic mass is 9.95. The van der Waals surface area contributed by atoms with Gasteiger partial charge in [-0.25, -0.2) is 4.39 Å². The van der Waals surface area contributed by atoms with Crippen molar-refractivity contribution in [1.29, 1.82) is 0 Å². The summed E-state index contributed by atoms with van der Waals surface area (Å²) in [5.41, 5.74) is 0.229. The standard InChI is InChI=1S/C13H17BFNO4/c15-11-7-6-9(8-12(11)20-14(18)19)13(17)16-10-4-2-1-3-5-10/h6-8,10,18-19H,1-5H2,(H,16,17). The van der Waals surface area contributed by atoms with Crippen LogP contribution in [0.2, 0.25) is 0 Å². The van der Waals surface area contributed by atoms with Gasteiger partial charge in [-0.3, -0.25) is 4.79 Å². The Morgan fingerprint density at radius 1 is 1.30 bits per heavy atom. The van der Waals surface area contributed by atoms with Crippen LogP contribution < -0.4 is 9.97 Å². The number of amides is 1. The van der Waals surface area contributed by atoms with Crippen molar-refractivity contribution in [2.75, 3.05) is 0 Å². The van der Waals surface area contributed by atoms with E-state index in [0.29, 0.717) is 0 Å². The van der Waals surface area contributed by atoms with Gasteiger partial charge in [-0.15, -0.1) is 0 Å². The summed E-state index contributed by atoms with van der Waals surface area (Å²) >= 11 is 0. The highest BCUT2D eigenvalue weighted by molar-refractivity contribution is 6.33. The molecule has 0 spiro atoms. The predicted molar refractivity (Wildman–Crippen MR) is 71.6 cm³/mol. The Labute approximate surface area is 116 Å². The Morgan fingerprint density at radius 2 is 2.00 bits per heavy atom. The van der Waals surface area contributed by atoms with Gasteiger partial charge in [-0.1, -0.05) is 19.3 Å². The van der Waals surface area contributed by atoms with E-state index in [1.165, 1.54) is 12.5 Å². The molecule has 1 aliphatic carbocycles. The number of hydrogen-bond donors (Lipinski definition) is 3. The third kappa shape index (κ3) is 3.95. The van der Waals surface area contributed by atoms with Crippen molar-refractivity contribution in [3.8, 4) is 5.75 Å². The van der Waals surface area contributed by atoms with Crippen LogP contribution in [0.1, 0.15) is 42.5 Å². The Hall–Kier alpha value is -1.60. The maximum Gasteiger partial charge on any atom is 0.707 e. The molecule has 0 heterocycles. The summed E-state index contributed by atoms with van der Waals surface area (Å²) in [4.78, 5) is 12.0. The van der Waals surface area contributed by atoms with E-state index >= 15 is 0 Å². The fourth-order valence-corrected chi connectivity index (χ4v) is 2.36. The van der Waals surface area contributed by atoms with Gasteiger partial charge in [0.05, 0.1) is 0 Å². The van der Waals surface area contributed by atoms with Crippen molar-refractivity contribution in [3.63, 3.8) is 0 Å². The van der Waals surface area contributed by atoms with E-state index < -0.39 is 13.1 Å². The summed E-state index contributed by atoms with van der Waals surface area (Å²) in [5, 5.41) is 20.3. The molecular formula is C13H17BFNO4. The van der Waals surface area contributed by atoms with Crippen LogP contribution in [-0.2, 0) is 0 Å². The van der Waals surface area contributed by atoms with Crippen LogP contribution in [0.5, 0.6) is 5.75 Å². The lowest BCUT2D eigenvalue weighted by Crippen LogP contribution is -2.36. The van der Waals surface area contributed by atoms with Crippen molar-refractivity contribution in [2.24, 2.45) is 0 Å². The zero-order valence-corrected chi connectivity index (χ0v) is 11.0. The monoisotopic (exact) mass is 281 g/mol. The van der Waals surface area contributed by atoms with Crippen LogP contribution in [0.4, 0.5) is 4.39 Å². The molecule has 0 atom stereocenters. The van der Waals surface area contributed by atoms with Gasteiger partial charge in [-0.05, 0) is 31.0 Å². The summed E-state index contributed by atoms with van der Waals surface area (Å²) in [6.07, 6.45) is 5.28. The average molecular weight is 281 g/mol. The minimum atomic E-state index is -2.12. The summed E-state index contributed by atoms with van der Waals surface area (Å²) < 4.78 is 17.9. The molecule has 3 N–H and O–H groups in total. The first-order valence-electron chi connectivity index (χ1n) is 6.69. The number of carbonyl (C=O) groups is 1. The molecule has 0 bridgehead atoms. The number of halogens is 1. The summed E-state index contributed by atoms with van der Waals surface area (Å²) in [6.45, 7) is 0. The van der Waals surface area contributed by atoms with Gasteiger partial charge in [0.25, 0.3) is 5.91 Å².